The van der Waals surface area contributed by atoms with Gasteiger partial charge < -0.3 is 9.47 Å². The van der Waals surface area contributed by atoms with E-state index < -0.39 is 6.09 Å². The van der Waals surface area contributed by atoms with Gasteiger partial charge in [0.05, 0.1) is 0 Å². The Bertz CT molecular complexity index is 618. The predicted molar refractivity (Wildman–Crippen MR) is 68.5 cm³/mol. The summed E-state index contributed by atoms with van der Waals surface area (Å²) in [6.07, 6.45) is 4.76. The predicted octanol–water partition coefficient (Wildman–Crippen LogP) is 2.64. The van der Waals surface area contributed by atoms with Crippen LogP contribution in [-0.2, 0) is 6.42 Å². The lowest BCUT2D eigenvalue weighted by molar-refractivity contribution is 0.133. The quantitative estimate of drug-likeness (QED) is 0.789. The Kier molecular flexibility index (Phi) is 2.55. The molecular formula is C14H14N2O3. The van der Waals surface area contributed by atoms with E-state index in [2.05, 4.69) is 4.98 Å². The van der Waals surface area contributed by atoms with Crippen molar-refractivity contribution in [2.45, 2.75) is 25.9 Å². The summed E-state index contributed by atoms with van der Waals surface area (Å²) in [6, 6.07) is 5.58. The van der Waals surface area contributed by atoms with Crippen LogP contribution < -0.4 is 9.47 Å². The molecule has 2 aromatic rings. The molecule has 98 valence electrons. The number of rotatable bonds is 1. The van der Waals surface area contributed by atoms with Gasteiger partial charge in [0.15, 0.2) is 11.5 Å². The molecular weight excluding hydrogens is 244 g/mol. The minimum Gasteiger partial charge on any atom is -0.483 e. The molecule has 0 spiro atoms. The van der Waals surface area contributed by atoms with Crippen LogP contribution in [0.15, 0.2) is 36.9 Å². The third-order valence-electron chi connectivity index (χ3n) is 2.97. The number of hydrogen-bond acceptors (Lipinski definition) is 4. The molecule has 0 saturated carbocycles. The highest BCUT2D eigenvalue weighted by Crippen LogP contribution is 2.41. The molecule has 5 nitrogen and oxygen atoms in total. The number of aromatic nitrogens is 2. The van der Waals surface area contributed by atoms with Crippen molar-refractivity contribution in [3.63, 3.8) is 0 Å². The molecule has 0 amide bonds. The minimum atomic E-state index is -0.501. The van der Waals surface area contributed by atoms with Crippen molar-refractivity contribution in [1.29, 1.82) is 0 Å². The zero-order valence-corrected chi connectivity index (χ0v) is 10.8. The molecule has 0 radical (unpaired) electrons. The maximum absolute atomic E-state index is 11.9. The van der Waals surface area contributed by atoms with Gasteiger partial charge in [-0.25, -0.2) is 14.3 Å². The van der Waals surface area contributed by atoms with E-state index in [1.807, 2.05) is 26.0 Å². The van der Waals surface area contributed by atoms with E-state index in [4.69, 9.17) is 9.47 Å². The van der Waals surface area contributed by atoms with Gasteiger partial charge in [-0.3, -0.25) is 0 Å². The molecule has 5 heteroatoms. The Hall–Kier alpha value is -2.30. The van der Waals surface area contributed by atoms with Gasteiger partial charge in [0.2, 0.25) is 0 Å². The van der Waals surface area contributed by atoms with Crippen LogP contribution in [0.5, 0.6) is 11.5 Å². The van der Waals surface area contributed by atoms with Crippen molar-refractivity contribution in [3.8, 4) is 11.5 Å². The molecule has 0 N–H and O–H groups in total. The Morgan fingerprint density at radius 2 is 2.32 bits per heavy atom. The van der Waals surface area contributed by atoms with Gasteiger partial charge in [-0.1, -0.05) is 12.1 Å². The highest BCUT2D eigenvalue weighted by molar-refractivity contribution is 5.74. The van der Waals surface area contributed by atoms with Crippen molar-refractivity contribution in [2.24, 2.45) is 0 Å². The van der Waals surface area contributed by atoms with Gasteiger partial charge in [-0.15, -0.1) is 0 Å². The molecule has 3 rings (SSSR count). The molecule has 19 heavy (non-hydrogen) atoms. The summed E-state index contributed by atoms with van der Waals surface area (Å²) in [7, 11) is 0. The Labute approximate surface area is 110 Å². The third-order valence-corrected chi connectivity index (χ3v) is 2.97. The maximum Gasteiger partial charge on any atom is 0.424 e. The fourth-order valence-corrected chi connectivity index (χ4v) is 2.18. The molecule has 1 aromatic carbocycles. The van der Waals surface area contributed by atoms with Crippen LogP contribution in [0.4, 0.5) is 4.79 Å². The molecule has 1 aliphatic heterocycles. The lowest BCUT2D eigenvalue weighted by Gasteiger charge is -2.17. The second-order valence-corrected chi connectivity index (χ2v) is 5.12. The molecule has 2 heterocycles. The standard InChI is InChI=1S/C14H14N2O3/c1-14(2)8-10-4-3-5-11(12(10)19-14)18-13(17)16-7-6-15-9-16/h3-7,9H,8H2,1-2H3. The lowest BCUT2D eigenvalue weighted by Crippen LogP contribution is -2.25. The first-order valence-corrected chi connectivity index (χ1v) is 6.06. The first-order chi connectivity index (χ1) is 9.05. The van der Waals surface area contributed by atoms with E-state index in [0.717, 1.165) is 12.0 Å². The van der Waals surface area contributed by atoms with Crippen LogP contribution in [0, 0.1) is 0 Å². The molecule has 0 atom stereocenters. The van der Waals surface area contributed by atoms with E-state index in [1.54, 1.807) is 6.07 Å². The van der Waals surface area contributed by atoms with Gasteiger partial charge in [-0.05, 0) is 19.9 Å². The average Bonchev–Trinajstić information content (AvgIpc) is 2.94. The average molecular weight is 258 g/mol. The van der Waals surface area contributed by atoms with Gasteiger partial charge in [0.25, 0.3) is 0 Å². The van der Waals surface area contributed by atoms with Gasteiger partial charge in [-0.2, -0.15) is 0 Å². The first kappa shape index (κ1) is 11.8. The molecule has 0 fully saturated rings. The summed E-state index contributed by atoms with van der Waals surface area (Å²) in [5, 5.41) is 0. The van der Waals surface area contributed by atoms with Crippen molar-refractivity contribution in [2.75, 3.05) is 0 Å². The minimum absolute atomic E-state index is 0.264. The summed E-state index contributed by atoms with van der Waals surface area (Å²) >= 11 is 0. The summed E-state index contributed by atoms with van der Waals surface area (Å²) in [5.74, 6) is 1.10. The lowest BCUT2D eigenvalue weighted by atomic mass is 10.0. The number of ether oxygens (including phenoxy) is 2. The molecule has 0 bridgehead atoms. The first-order valence-electron chi connectivity index (χ1n) is 6.06. The van der Waals surface area contributed by atoms with E-state index in [1.165, 1.54) is 23.3 Å². The normalized spacial score (nSPS) is 15.7. The van der Waals surface area contributed by atoms with Crippen LogP contribution in [0.1, 0.15) is 19.4 Å². The summed E-state index contributed by atoms with van der Waals surface area (Å²) < 4.78 is 12.5. The summed E-state index contributed by atoms with van der Waals surface area (Å²) in [4.78, 5) is 15.7. The van der Waals surface area contributed by atoms with E-state index in [9.17, 15) is 4.79 Å². The van der Waals surface area contributed by atoms with Crippen molar-refractivity contribution >= 4 is 6.09 Å². The second kappa shape index (κ2) is 4.12. The summed E-state index contributed by atoms with van der Waals surface area (Å²) in [6.45, 7) is 4.02. The Morgan fingerprint density at radius 1 is 1.47 bits per heavy atom. The van der Waals surface area contributed by atoms with E-state index in [-0.39, 0.29) is 5.60 Å². The zero-order valence-electron chi connectivity index (χ0n) is 10.8. The smallest absolute Gasteiger partial charge is 0.424 e. The fourth-order valence-electron chi connectivity index (χ4n) is 2.18. The molecule has 1 aliphatic rings. The zero-order chi connectivity index (χ0) is 13.5. The van der Waals surface area contributed by atoms with Crippen LogP contribution >= 0.6 is 0 Å². The Balaban J connectivity index is 1.88. The van der Waals surface area contributed by atoms with Crippen molar-refractivity contribution in [3.05, 3.63) is 42.5 Å². The number of carbonyl (C=O) groups is 1. The highest BCUT2D eigenvalue weighted by atomic mass is 16.6. The van der Waals surface area contributed by atoms with Crippen LogP contribution in [0.3, 0.4) is 0 Å². The second-order valence-electron chi connectivity index (χ2n) is 5.12. The number of carbonyl (C=O) groups excluding carboxylic acids is 1. The van der Waals surface area contributed by atoms with Gasteiger partial charge in [0, 0.05) is 24.4 Å². The maximum atomic E-state index is 11.9. The van der Waals surface area contributed by atoms with Crippen LogP contribution in [0.2, 0.25) is 0 Å². The fraction of sp³-hybridized carbons (Fsp3) is 0.286. The highest BCUT2D eigenvalue weighted by Gasteiger charge is 2.32. The molecule has 0 unspecified atom stereocenters. The van der Waals surface area contributed by atoms with E-state index in [0.29, 0.717) is 11.5 Å². The van der Waals surface area contributed by atoms with Crippen molar-refractivity contribution in [1.82, 2.24) is 9.55 Å². The summed E-state index contributed by atoms with van der Waals surface area (Å²) in [5.41, 5.74) is 0.792. The number of hydrogen-bond donors (Lipinski definition) is 0. The third kappa shape index (κ3) is 2.19. The molecule has 1 aromatic heterocycles. The number of fused-ring (bicyclic) bond motifs is 1. The largest absolute Gasteiger partial charge is 0.483 e. The van der Waals surface area contributed by atoms with Gasteiger partial charge in [0.1, 0.15) is 11.9 Å². The number of imidazole rings is 1. The Morgan fingerprint density at radius 3 is 3.05 bits per heavy atom. The topological polar surface area (TPSA) is 53.4 Å². The van der Waals surface area contributed by atoms with Gasteiger partial charge >= 0.3 is 6.09 Å². The van der Waals surface area contributed by atoms with E-state index >= 15 is 0 Å². The SMILES string of the molecule is CC1(C)Cc2cccc(OC(=O)n3ccnc3)c2O1. The monoisotopic (exact) mass is 258 g/mol. The van der Waals surface area contributed by atoms with Crippen LogP contribution in [0.25, 0.3) is 0 Å². The number of para-hydroxylation sites is 1. The number of nitrogens with zero attached hydrogens (tertiary/aromatic N) is 2. The van der Waals surface area contributed by atoms with Crippen LogP contribution in [-0.4, -0.2) is 21.2 Å². The molecule has 0 aliphatic carbocycles. The number of benzene rings is 1. The van der Waals surface area contributed by atoms with Crippen molar-refractivity contribution < 1.29 is 14.3 Å². The molecule has 0 saturated heterocycles.